The van der Waals surface area contributed by atoms with E-state index in [0.717, 1.165) is 19.3 Å². The first kappa shape index (κ1) is 9.93. The summed E-state index contributed by atoms with van der Waals surface area (Å²) >= 11 is 0. The molecule has 0 aliphatic carbocycles. The maximum Gasteiger partial charge on any atom is 0.312 e. The summed E-state index contributed by atoms with van der Waals surface area (Å²) in [7, 11) is 0. The lowest BCUT2D eigenvalue weighted by molar-refractivity contribution is -0.152. The molecule has 0 bridgehead atoms. The third kappa shape index (κ3) is 1.64. The van der Waals surface area contributed by atoms with Crippen LogP contribution in [0.2, 0.25) is 0 Å². The molecular formula is C10H16O4. The molecule has 14 heavy (non-hydrogen) atoms. The van der Waals surface area contributed by atoms with Crippen LogP contribution in [0.1, 0.15) is 25.7 Å². The van der Waals surface area contributed by atoms with E-state index >= 15 is 0 Å². The lowest BCUT2D eigenvalue weighted by Crippen LogP contribution is -2.33. The van der Waals surface area contributed by atoms with Crippen molar-refractivity contribution in [2.75, 3.05) is 19.8 Å². The van der Waals surface area contributed by atoms with Gasteiger partial charge in [0.15, 0.2) is 0 Å². The van der Waals surface area contributed by atoms with Gasteiger partial charge in [0, 0.05) is 32.7 Å². The van der Waals surface area contributed by atoms with Crippen LogP contribution in [0, 0.1) is 5.41 Å². The molecule has 1 unspecified atom stereocenters. The predicted octanol–water partition coefficient (Wildman–Crippen LogP) is 0.481. The highest BCUT2D eigenvalue weighted by Crippen LogP contribution is 2.43. The molecule has 80 valence electrons. The summed E-state index contributed by atoms with van der Waals surface area (Å²) in [5.41, 5.74) is -0.294. The molecular weight excluding hydrogens is 184 g/mol. The molecule has 1 spiro atoms. The van der Waals surface area contributed by atoms with Crippen molar-refractivity contribution in [1.29, 1.82) is 0 Å². The number of esters is 1. The number of ether oxygens (including phenoxy) is 2. The first-order chi connectivity index (χ1) is 6.77. The van der Waals surface area contributed by atoms with E-state index in [1.165, 1.54) is 0 Å². The molecule has 2 aliphatic heterocycles. The maximum atomic E-state index is 11.7. The molecule has 2 rings (SSSR count). The molecule has 1 atom stereocenters. The highest BCUT2D eigenvalue weighted by atomic mass is 16.6. The Bertz CT molecular complexity index is 220. The topological polar surface area (TPSA) is 55.8 Å². The minimum Gasteiger partial charge on any atom is -0.462 e. The van der Waals surface area contributed by atoms with Gasteiger partial charge in [0.05, 0.1) is 5.41 Å². The van der Waals surface area contributed by atoms with Crippen molar-refractivity contribution in [3.05, 3.63) is 0 Å². The van der Waals surface area contributed by atoms with Gasteiger partial charge in [0.2, 0.25) is 0 Å². The SMILES string of the molecule is O=C1OC(CCO)CC12CCOCC2. The van der Waals surface area contributed by atoms with Crippen molar-refractivity contribution in [3.63, 3.8) is 0 Å². The average Bonchev–Trinajstić information content (AvgIpc) is 2.45. The number of carbonyl (C=O) groups excluding carboxylic acids is 1. The zero-order valence-corrected chi connectivity index (χ0v) is 8.20. The third-order valence-corrected chi connectivity index (χ3v) is 3.23. The molecule has 0 radical (unpaired) electrons. The highest BCUT2D eigenvalue weighted by Gasteiger charge is 2.49. The molecule has 2 aliphatic rings. The van der Waals surface area contributed by atoms with Crippen molar-refractivity contribution in [2.45, 2.75) is 31.8 Å². The summed E-state index contributed by atoms with van der Waals surface area (Å²) in [6, 6.07) is 0. The van der Waals surface area contributed by atoms with Gasteiger partial charge in [-0.25, -0.2) is 0 Å². The standard InChI is InChI=1S/C10H16O4/c11-4-1-8-7-10(9(12)14-8)2-5-13-6-3-10/h8,11H,1-7H2. The Morgan fingerprint density at radius 2 is 2.14 bits per heavy atom. The van der Waals surface area contributed by atoms with Gasteiger partial charge in [-0.3, -0.25) is 4.79 Å². The zero-order chi connectivity index (χ0) is 10.0. The van der Waals surface area contributed by atoms with Crippen LogP contribution >= 0.6 is 0 Å². The van der Waals surface area contributed by atoms with Crippen LogP contribution in [0.3, 0.4) is 0 Å². The van der Waals surface area contributed by atoms with Gasteiger partial charge < -0.3 is 14.6 Å². The number of rotatable bonds is 2. The third-order valence-electron chi connectivity index (χ3n) is 3.23. The Balaban J connectivity index is 2.01. The highest BCUT2D eigenvalue weighted by molar-refractivity contribution is 5.79. The van der Waals surface area contributed by atoms with Crippen molar-refractivity contribution in [1.82, 2.24) is 0 Å². The first-order valence-corrected chi connectivity index (χ1v) is 5.16. The van der Waals surface area contributed by atoms with Crippen molar-refractivity contribution in [3.8, 4) is 0 Å². The zero-order valence-electron chi connectivity index (χ0n) is 8.20. The van der Waals surface area contributed by atoms with Crippen molar-refractivity contribution in [2.24, 2.45) is 5.41 Å². The van der Waals surface area contributed by atoms with Crippen LogP contribution in [0.4, 0.5) is 0 Å². The second-order valence-electron chi connectivity index (χ2n) is 4.14. The van der Waals surface area contributed by atoms with Gasteiger partial charge in [-0.05, 0) is 12.8 Å². The van der Waals surface area contributed by atoms with Crippen molar-refractivity contribution >= 4 is 5.97 Å². The molecule has 0 saturated carbocycles. The van der Waals surface area contributed by atoms with Gasteiger partial charge in [-0.1, -0.05) is 0 Å². The van der Waals surface area contributed by atoms with Gasteiger partial charge in [-0.2, -0.15) is 0 Å². The van der Waals surface area contributed by atoms with E-state index in [0.29, 0.717) is 19.6 Å². The Kier molecular flexibility index (Phi) is 2.74. The lowest BCUT2D eigenvalue weighted by Gasteiger charge is -2.28. The number of cyclic esters (lactones) is 1. The van der Waals surface area contributed by atoms with E-state index < -0.39 is 0 Å². The quantitative estimate of drug-likeness (QED) is 0.659. The second kappa shape index (κ2) is 3.87. The van der Waals surface area contributed by atoms with Crippen LogP contribution < -0.4 is 0 Å². The fourth-order valence-electron chi connectivity index (χ4n) is 2.31. The molecule has 4 nitrogen and oxygen atoms in total. The largest absolute Gasteiger partial charge is 0.462 e. The summed E-state index contributed by atoms with van der Waals surface area (Å²) in [6.07, 6.45) is 2.79. The number of hydrogen-bond acceptors (Lipinski definition) is 4. The average molecular weight is 200 g/mol. The molecule has 4 heteroatoms. The fourth-order valence-corrected chi connectivity index (χ4v) is 2.31. The lowest BCUT2D eigenvalue weighted by atomic mass is 9.77. The molecule has 2 fully saturated rings. The monoisotopic (exact) mass is 200 g/mol. The van der Waals surface area contributed by atoms with Crippen LogP contribution in [0.5, 0.6) is 0 Å². The number of hydrogen-bond donors (Lipinski definition) is 1. The molecule has 2 saturated heterocycles. The van der Waals surface area contributed by atoms with Gasteiger partial charge in [-0.15, -0.1) is 0 Å². The van der Waals surface area contributed by atoms with Crippen LogP contribution in [0.25, 0.3) is 0 Å². The summed E-state index contributed by atoms with van der Waals surface area (Å²) in [4.78, 5) is 11.7. The Morgan fingerprint density at radius 3 is 2.79 bits per heavy atom. The van der Waals surface area contributed by atoms with E-state index in [1.807, 2.05) is 0 Å². The minimum absolute atomic E-state index is 0.0781. The fraction of sp³-hybridized carbons (Fsp3) is 0.900. The maximum absolute atomic E-state index is 11.7. The Hall–Kier alpha value is -0.610. The van der Waals surface area contributed by atoms with Gasteiger partial charge in [0.1, 0.15) is 6.10 Å². The van der Waals surface area contributed by atoms with Crippen molar-refractivity contribution < 1.29 is 19.4 Å². The first-order valence-electron chi connectivity index (χ1n) is 5.16. The predicted molar refractivity (Wildman–Crippen MR) is 48.7 cm³/mol. The molecule has 0 aromatic heterocycles. The smallest absolute Gasteiger partial charge is 0.312 e. The van der Waals surface area contributed by atoms with Gasteiger partial charge in [0.25, 0.3) is 0 Å². The molecule has 1 N–H and O–H groups in total. The van der Waals surface area contributed by atoms with E-state index in [-0.39, 0.29) is 24.1 Å². The molecule has 0 aromatic rings. The van der Waals surface area contributed by atoms with E-state index in [4.69, 9.17) is 14.6 Å². The van der Waals surface area contributed by atoms with E-state index in [2.05, 4.69) is 0 Å². The van der Waals surface area contributed by atoms with Gasteiger partial charge >= 0.3 is 5.97 Å². The number of aliphatic hydroxyl groups is 1. The summed E-state index contributed by atoms with van der Waals surface area (Å²) in [6.45, 7) is 1.40. The Labute approximate surface area is 83.2 Å². The van der Waals surface area contributed by atoms with Crippen LogP contribution in [-0.4, -0.2) is 37.0 Å². The van der Waals surface area contributed by atoms with Crippen LogP contribution in [-0.2, 0) is 14.3 Å². The minimum atomic E-state index is -0.294. The normalized spacial score (nSPS) is 30.6. The Morgan fingerprint density at radius 1 is 1.43 bits per heavy atom. The van der Waals surface area contributed by atoms with E-state index in [9.17, 15) is 4.79 Å². The molecule has 0 amide bonds. The summed E-state index contributed by atoms with van der Waals surface area (Å²) in [5, 5.41) is 8.78. The number of carbonyl (C=O) groups is 1. The second-order valence-corrected chi connectivity index (χ2v) is 4.14. The number of aliphatic hydroxyl groups excluding tert-OH is 1. The summed E-state index contributed by atoms with van der Waals surface area (Å²) in [5.74, 6) is -0.0840. The summed E-state index contributed by atoms with van der Waals surface area (Å²) < 4.78 is 10.5. The van der Waals surface area contributed by atoms with E-state index in [1.54, 1.807) is 0 Å². The molecule has 2 heterocycles. The molecule has 0 aromatic carbocycles. The van der Waals surface area contributed by atoms with Crippen LogP contribution in [0.15, 0.2) is 0 Å².